The Morgan fingerprint density at radius 3 is 2.80 bits per heavy atom. The summed E-state index contributed by atoms with van der Waals surface area (Å²) in [7, 11) is 0. The molecule has 0 amide bonds. The fourth-order valence-corrected chi connectivity index (χ4v) is 0.947. The summed E-state index contributed by atoms with van der Waals surface area (Å²) in [5.74, 6) is 0. The van der Waals surface area contributed by atoms with Gasteiger partial charge >= 0.3 is 0 Å². The monoisotopic (exact) mass is 210 g/mol. The SMILES string of the molecule is FC(F)Cn1cnc(Br)c1. The molecular formula is C5H5BrF2N2. The summed E-state index contributed by atoms with van der Waals surface area (Å²) < 4.78 is 25.2. The van der Waals surface area contributed by atoms with Crippen LogP contribution in [0.4, 0.5) is 8.78 Å². The maximum atomic E-state index is 11.7. The van der Waals surface area contributed by atoms with Crippen LogP contribution < -0.4 is 0 Å². The second-order valence-corrected chi connectivity index (χ2v) is 2.60. The van der Waals surface area contributed by atoms with Gasteiger partial charge in [0.15, 0.2) is 0 Å². The molecule has 0 aliphatic heterocycles. The number of hydrogen-bond acceptors (Lipinski definition) is 1. The third kappa shape index (κ3) is 2.06. The average molecular weight is 211 g/mol. The second-order valence-electron chi connectivity index (χ2n) is 1.78. The number of nitrogens with zero attached hydrogens (tertiary/aromatic N) is 2. The topological polar surface area (TPSA) is 17.8 Å². The van der Waals surface area contributed by atoms with Crippen molar-refractivity contribution >= 4 is 15.9 Å². The predicted octanol–water partition coefficient (Wildman–Crippen LogP) is 1.91. The quantitative estimate of drug-likeness (QED) is 0.730. The third-order valence-corrected chi connectivity index (χ3v) is 1.36. The minimum atomic E-state index is -2.32. The van der Waals surface area contributed by atoms with Gasteiger partial charge in [-0.1, -0.05) is 0 Å². The molecule has 1 aromatic heterocycles. The summed E-state index contributed by atoms with van der Waals surface area (Å²) in [5.41, 5.74) is 0. The number of hydrogen-bond donors (Lipinski definition) is 0. The highest BCUT2D eigenvalue weighted by atomic mass is 79.9. The van der Waals surface area contributed by atoms with E-state index in [9.17, 15) is 8.78 Å². The highest BCUT2D eigenvalue weighted by Crippen LogP contribution is 2.06. The molecule has 0 aliphatic carbocycles. The molecule has 0 radical (unpaired) electrons. The molecule has 0 atom stereocenters. The van der Waals surface area contributed by atoms with Crippen molar-refractivity contribution in [3.05, 3.63) is 17.1 Å². The molecule has 1 heterocycles. The van der Waals surface area contributed by atoms with E-state index in [1.54, 1.807) is 0 Å². The van der Waals surface area contributed by atoms with E-state index in [4.69, 9.17) is 0 Å². The number of rotatable bonds is 2. The van der Waals surface area contributed by atoms with Crippen LogP contribution in [0, 0.1) is 0 Å². The molecule has 2 nitrogen and oxygen atoms in total. The van der Waals surface area contributed by atoms with Crippen LogP contribution in [0.3, 0.4) is 0 Å². The van der Waals surface area contributed by atoms with Crippen LogP contribution in [0.1, 0.15) is 0 Å². The zero-order chi connectivity index (χ0) is 7.56. The first-order valence-corrected chi connectivity index (χ1v) is 3.43. The molecule has 10 heavy (non-hydrogen) atoms. The van der Waals surface area contributed by atoms with E-state index < -0.39 is 6.43 Å². The van der Waals surface area contributed by atoms with Crippen LogP contribution in [0.5, 0.6) is 0 Å². The Morgan fingerprint density at radius 1 is 1.70 bits per heavy atom. The Morgan fingerprint density at radius 2 is 2.40 bits per heavy atom. The lowest BCUT2D eigenvalue weighted by Crippen LogP contribution is -2.03. The van der Waals surface area contributed by atoms with Crippen molar-refractivity contribution in [1.82, 2.24) is 9.55 Å². The van der Waals surface area contributed by atoms with Crippen LogP contribution in [-0.4, -0.2) is 16.0 Å². The number of imidazole rings is 1. The van der Waals surface area contributed by atoms with E-state index in [1.807, 2.05) is 0 Å². The molecule has 0 bridgehead atoms. The van der Waals surface area contributed by atoms with Gasteiger partial charge in [0.1, 0.15) is 4.60 Å². The first-order chi connectivity index (χ1) is 4.68. The molecule has 0 saturated heterocycles. The van der Waals surface area contributed by atoms with Gasteiger partial charge in [0.25, 0.3) is 6.43 Å². The Balaban J connectivity index is 2.58. The van der Waals surface area contributed by atoms with E-state index in [0.29, 0.717) is 4.60 Å². The fraction of sp³-hybridized carbons (Fsp3) is 0.400. The maximum absolute atomic E-state index is 11.7. The van der Waals surface area contributed by atoms with Gasteiger partial charge in [-0.3, -0.25) is 0 Å². The van der Waals surface area contributed by atoms with Gasteiger partial charge < -0.3 is 4.57 Å². The van der Waals surface area contributed by atoms with Gasteiger partial charge in [-0.05, 0) is 15.9 Å². The van der Waals surface area contributed by atoms with Gasteiger partial charge in [0.2, 0.25) is 0 Å². The molecule has 0 unspecified atom stereocenters. The van der Waals surface area contributed by atoms with Crippen molar-refractivity contribution in [2.24, 2.45) is 0 Å². The largest absolute Gasteiger partial charge is 0.331 e. The number of aromatic nitrogens is 2. The standard InChI is InChI=1S/C5H5BrF2N2/c6-4-1-10(3-9-4)2-5(7)8/h1,3,5H,2H2. The Bertz CT molecular complexity index is 211. The van der Waals surface area contributed by atoms with Crippen molar-refractivity contribution in [1.29, 1.82) is 0 Å². The summed E-state index contributed by atoms with van der Waals surface area (Å²) in [4.78, 5) is 3.72. The second kappa shape index (κ2) is 3.09. The van der Waals surface area contributed by atoms with E-state index in [2.05, 4.69) is 20.9 Å². The summed E-state index contributed by atoms with van der Waals surface area (Å²) in [6.07, 6.45) is 0.545. The third-order valence-electron chi connectivity index (χ3n) is 0.951. The van der Waals surface area contributed by atoms with E-state index in [0.717, 1.165) is 0 Å². The van der Waals surface area contributed by atoms with Crippen LogP contribution >= 0.6 is 15.9 Å². The zero-order valence-electron chi connectivity index (χ0n) is 4.97. The molecule has 56 valence electrons. The first-order valence-electron chi connectivity index (χ1n) is 2.64. The van der Waals surface area contributed by atoms with Crippen LogP contribution in [0.25, 0.3) is 0 Å². The Hall–Kier alpha value is -0.450. The number of alkyl halides is 2. The molecule has 0 fully saturated rings. The lowest BCUT2D eigenvalue weighted by atomic mass is 10.6. The Kier molecular flexibility index (Phi) is 2.37. The predicted molar refractivity (Wildman–Crippen MR) is 35.9 cm³/mol. The summed E-state index contributed by atoms with van der Waals surface area (Å²) in [6, 6.07) is 0. The molecule has 5 heteroatoms. The lowest BCUT2D eigenvalue weighted by Gasteiger charge is -1.97. The lowest BCUT2D eigenvalue weighted by molar-refractivity contribution is 0.126. The summed E-state index contributed by atoms with van der Waals surface area (Å²) in [5, 5.41) is 0. The van der Waals surface area contributed by atoms with Crippen molar-refractivity contribution < 1.29 is 8.78 Å². The van der Waals surface area contributed by atoms with E-state index >= 15 is 0 Å². The van der Waals surface area contributed by atoms with Gasteiger partial charge in [-0.15, -0.1) is 0 Å². The first kappa shape index (κ1) is 7.65. The molecule has 0 spiro atoms. The smallest absolute Gasteiger partial charge is 0.256 e. The molecule has 0 aliphatic rings. The highest BCUT2D eigenvalue weighted by Gasteiger charge is 2.03. The summed E-state index contributed by atoms with van der Waals surface area (Å²) in [6.45, 7) is -0.293. The molecule has 0 N–H and O–H groups in total. The molecule has 0 aromatic carbocycles. The fourth-order valence-electron chi connectivity index (χ4n) is 0.592. The van der Waals surface area contributed by atoms with E-state index in [1.165, 1.54) is 17.1 Å². The van der Waals surface area contributed by atoms with Crippen molar-refractivity contribution in [2.75, 3.05) is 0 Å². The molecular weight excluding hydrogens is 206 g/mol. The van der Waals surface area contributed by atoms with Gasteiger partial charge in [0.05, 0.1) is 12.9 Å². The molecule has 1 rings (SSSR count). The van der Waals surface area contributed by atoms with Gasteiger partial charge in [-0.2, -0.15) is 0 Å². The molecule has 1 aromatic rings. The van der Waals surface area contributed by atoms with Crippen molar-refractivity contribution in [3.63, 3.8) is 0 Å². The molecule has 0 saturated carbocycles. The minimum Gasteiger partial charge on any atom is -0.331 e. The van der Waals surface area contributed by atoms with Crippen LogP contribution in [0.2, 0.25) is 0 Å². The summed E-state index contributed by atoms with van der Waals surface area (Å²) >= 11 is 3.05. The van der Waals surface area contributed by atoms with Crippen molar-refractivity contribution in [2.45, 2.75) is 13.0 Å². The maximum Gasteiger partial charge on any atom is 0.256 e. The van der Waals surface area contributed by atoms with Crippen LogP contribution in [-0.2, 0) is 6.54 Å². The Labute approximate surface area is 65.0 Å². The minimum absolute atomic E-state index is 0.293. The van der Waals surface area contributed by atoms with Gasteiger partial charge in [-0.25, -0.2) is 13.8 Å². The normalized spacial score (nSPS) is 10.8. The van der Waals surface area contributed by atoms with E-state index in [-0.39, 0.29) is 6.54 Å². The average Bonchev–Trinajstić information content (AvgIpc) is 2.13. The number of halogens is 3. The zero-order valence-corrected chi connectivity index (χ0v) is 6.55. The van der Waals surface area contributed by atoms with Crippen molar-refractivity contribution in [3.8, 4) is 0 Å². The van der Waals surface area contributed by atoms with Gasteiger partial charge in [0, 0.05) is 6.20 Å². The van der Waals surface area contributed by atoms with Crippen LogP contribution in [0.15, 0.2) is 17.1 Å². The highest BCUT2D eigenvalue weighted by molar-refractivity contribution is 9.10.